The summed E-state index contributed by atoms with van der Waals surface area (Å²) in [6, 6.07) is 56.1. The summed E-state index contributed by atoms with van der Waals surface area (Å²) in [4.78, 5) is 2.36. The van der Waals surface area contributed by atoms with Crippen LogP contribution in [-0.2, 0) is 0 Å². The van der Waals surface area contributed by atoms with Gasteiger partial charge in [-0.2, -0.15) is 5.26 Å². The number of anilines is 3. The van der Waals surface area contributed by atoms with Crippen LogP contribution >= 0.6 is 0 Å². The average molecular weight is 789 g/mol. The van der Waals surface area contributed by atoms with Gasteiger partial charge in [0.2, 0.25) is 0 Å². The molecule has 0 atom stereocenters. The zero-order valence-electron chi connectivity index (χ0n) is 34.8. The van der Waals surface area contributed by atoms with Gasteiger partial charge in [0.15, 0.2) is 0 Å². The van der Waals surface area contributed by atoms with Crippen LogP contribution in [0.2, 0.25) is 58.9 Å². The van der Waals surface area contributed by atoms with Crippen molar-refractivity contribution in [2.75, 3.05) is 4.90 Å². The van der Waals surface area contributed by atoms with Crippen molar-refractivity contribution in [1.29, 1.82) is 5.26 Å². The van der Waals surface area contributed by atoms with Crippen LogP contribution in [0, 0.1) is 11.3 Å². The first-order chi connectivity index (χ1) is 27.2. The molecule has 2 nitrogen and oxygen atoms in total. The molecule has 282 valence electrons. The SMILES string of the molecule is C[Si](C)(C)c1ccccc1C(=Cc1ccc2ccc3c(N(c4ccccc4C#N)c4ccccc4[Si](C)(C)C)ccc4ccc1c2c43)c1ccccc1[Si](C)(C)C. The van der Waals surface area contributed by atoms with Gasteiger partial charge >= 0.3 is 0 Å². The maximum Gasteiger partial charge on any atom is 0.101 e. The molecule has 0 aromatic heterocycles. The predicted octanol–water partition coefficient (Wildman–Crippen LogP) is 13.1. The number of benzene rings is 8. The van der Waals surface area contributed by atoms with Gasteiger partial charge in [0, 0.05) is 11.1 Å². The van der Waals surface area contributed by atoms with Crippen LogP contribution in [0.1, 0.15) is 22.3 Å². The molecule has 0 saturated carbocycles. The molecule has 8 aromatic carbocycles. The molecule has 0 saturated heterocycles. The highest BCUT2D eigenvalue weighted by atomic mass is 28.3. The summed E-state index contributed by atoms with van der Waals surface area (Å²) in [6.45, 7) is 22.0. The number of nitriles is 1. The Morgan fingerprint density at radius 1 is 0.456 bits per heavy atom. The minimum absolute atomic E-state index is 0.658. The van der Waals surface area contributed by atoms with Crippen molar-refractivity contribution in [1.82, 2.24) is 0 Å². The maximum atomic E-state index is 10.4. The van der Waals surface area contributed by atoms with E-state index in [0.29, 0.717) is 5.56 Å². The second kappa shape index (κ2) is 14.5. The fourth-order valence-corrected chi connectivity index (χ4v) is 13.6. The van der Waals surface area contributed by atoms with E-state index in [1.54, 1.807) is 0 Å². The lowest BCUT2D eigenvalue weighted by Crippen LogP contribution is -2.42. The van der Waals surface area contributed by atoms with Crippen molar-refractivity contribution >= 4 is 101 Å². The lowest BCUT2D eigenvalue weighted by Gasteiger charge is -2.33. The molecule has 0 amide bonds. The zero-order chi connectivity index (χ0) is 40.3. The Balaban J connectivity index is 1.44. The van der Waals surface area contributed by atoms with E-state index >= 15 is 0 Å². The van der Waals surface area contributed by atoms with E-state index in [4.69, 9.17) is 0 Å². The van der Waals surface area contributed by atoms with Crippen LogP contribution in [0.15, 0.2) is 146 Å². The van der Waals surface area contributed by atoms with Crippen LogP contribution in [0.5, 0.6) is 0 Å². The number of para-hydroxylation sites is 2. The zero-order valence-corrected chi connectivity index (χ0v) is 37.8. The summed E-state index contributed by atoms with van der Waals surface area (Å²) in [5, 5.41) is 22.2. The molecule has 0 aliphatic rings. The molecule has 0 N–H and O–H groups in total. The fraction of sp³-hybridized carbons (Fsp3) is 0.173. The second-order valence-electron chi connectivity index (χ2n) is 18.5. The quantitative estimate of drug-likeness (QED) is 0.0827. The second-order valence-corrected chi connectivity index (χ2v) is 33.7. The third-order valence-corrected chi connectivity index (χ3v) is 17.6. The highest BCUT2D eigenvalue weighted by molar-refractivity contribution is 6.90. The van der Waals surface area contributed by atoms with Crippen LogP contribution in [0.4, 0.5) is 17.1 Å². The van der Waals surface area contributed by atoms with Gasteiger partial charge in [-0.15, -0.1) is 0 Å². The van der Waals surface area contributed by atoms with Crippen LogP contribution in [0.25, 0.3) is 44.0 Å². The Labute approximate surface area is 342 Å². The average Bonchev–Trinajstić information content (AvgIpc) is 3.19. The summed E-state index contributed by atoms with van der Waals surface area (Å²) in [7, 11) is -5.22. The highest BCUT2D eigenvalue weighted by Crippen LogP contribution is 2.45. The third-order valence-electron chi connectivity index (χ3n) is 11.5. The Kier molecular flexibility index (Phi) is 9.72. The lowest BCUT2D eigenvalue weighted by molar-refractivity contribution is 1.29. The van der Waals surface area contributed by atoms with E-state index in [9.17, 15) is 5.26 Å². The van der Waals surface area contributed by atoms with Crippen molar-refractivity contribution in [2.45, 2.75) is 58.9 Å². The van der Waals surface area contributed by atoms with E-state index < -0.39 is 24.2 Å². The summed E-state index contributed by atoms with van der Waals surface area (Å²) >= 11 is 0. The summed E-state index contributed by atoms with van der Waals surface area (Å²) in [5.74, 6) is 0. The van der Waals surface area contributed by atoms with Crippen LogP contribution in [-0.4, -0.2) is 24.2 Å². The van der Waals surface area contributed by atoms with Gasteiger partial charge in [0.05, 0.1) is 41.2 Å². The monoisotopic (exact) mass is 788 g/mol. The molecule has 0 aliphatic carbocycles. The van der Waals surface area contributed by atoms with Gasteiger partial charge in [-0.05, 0) is 84.7 Å². The number of nitrogens with zero attached hydrogens (tertiary/aromatic N) is 2. The summed E-state index contributed by atoms with van der Waals surface area (Å²) in [5.41, 5.74) is 9.02. The molecule has 0 bridgehead atoms. The van der Waals surface area contributed by atoms with E-state index in [0.717, 1.165) is 17.1 Å². The molecule has 0 heterocycles. The van der Waals surface area contributed by atoms with E-state index in [2.05, 4.69) is 203 Å². The van der Waals surface area contributed by atoms with Gasteiger partial charge in [-0.3, -0.25) is 0 Å². The van der Waals surface area contributed by atoms with Crippen molar-refractivity contribution < 1.29 is 0 Å². The Morgan fingerprint density at radius 3 is 1.49 bits per heavy atom. The summed E-state index contributed by atoms with van der Waals surface area (Å²) < 4.78 is 0. The molecule has 0 spiro atoms. The maximum absolute atomic E-state index is 10.4. The van der Waals surface area contributed by atoms with E-state index in [1.165, 1.54) is 70.1 Å². The number of hydrogen-bond acceptors (Lipinski definition) is 2. The standard InChI is InChI=1S/C52H52N2Si3/c1-55(2,3)48-23-15-11-19-41(48)44(42-20-12-16-24-49(42)56(4,5)6)34-38-27-26-36-29-32-43-46(33-30-37-28-31-40(38)51(36)52(37)43)54(45-21-13-10-18-39(45)35-53)47-22-14-17-25-50(47)57(7,8)9/h10-34H,1-9H3. The molecular formula is C52H52N2Si3. The Hall–Kier alpha value is -5.52. The molecule has 0 fully saturated rings. The van der Waals surface area contributed by atoms with Gasteiger partial charge in [-0.1, -0.05) is 191 Å². The van der Waals surface area contributed by atoms with Gasteiger partial charge < -0.3 is 4.90 Å². The summed E-state index contributed by atoms with van der Waals surface area (Å²) in [6.07, 6.45) is 2.49. The third kappa shape index (κ3) is 6.97. The molecule has 0 unspecified atom stereocenters. The topological polar surface area (TPSA) is 27.0 Å². The highest BCUT2D eigenvalue weighted by Gasteiger charge is 2.29. The normalized spacial score (nSPS) is 12.3. The van der Waals surface area contributed by atoms with Gasteiger partial charge in [0.25, 0.3) is 0 Å². The van der Waals surface area contributed by atoms with E-state index in [-0.39, 0.29) is 0 Å². The molecular weight excluding hydrogens is 737 g/mol. The minimum Gasteiger partial charge on any atom is -0.309 e. The van der Waals surface area contributed by atoms with Crippen LogP contribution < -0.4 is 20.5 Å². The first kappa shape index (κ1) is 38.4. The molecule has 0 aliphatic heterocycles. The molecule has 5 heteroatoms. The molecule has 8 aromatic rings. The van der Waals surface area contributed by atoms with Crippen molar-refractivity contribution in [3.8, 4) is 6.07 Å². The van der Waals surface area contributed by atoms with Gasteiger partial charge in [0.1, 0.15) is 6.07 Å². The Morgan fingerprint density at radius 2 is 0.912 bits per heavy atom. The predicted molar refractivity (Wildman–Crippen MR) is 258 cm³/mol. The van der Waals surface area contributed by atoms with E-state index in [1.807, 2.05) is 18.2 Å². The van der Waals surface area contributed by atoms with Crippen molar-refractivity contribution in [3.05, 3.63) is 168 Å². The van der Waals surface area contributed by atoms with Gasteiger partial charge in [-0.25, -0.2) is 0 Å². The first-order valence-corrected chi connectivity index (χ1v) is 30.7. The smallest absolute Gasteiger partial charge is 0.101 e. The van der Waals surface area contributed by atoms with Crippen LogP contribution in [0.3, 0.4) is 0 Å². The van der Waals surface area contributed by atoms with Crippen molar-refractivity contribution in [3.63, 3.8) is 0 Å². The minimum atomic E-state index is -1.80. The molecule has 57 heavy (non-hydrogen) atoms. The largest absolute Gasteiger partial charge is 0.309 e. The lowest BCUT2D eigenvalue weighted by atomic mass is 9.89. The molecule has 0 radical (unpaired) electrons. The fourth-order valence-electron chi connectivity index (χ4n) is 8.78. The number of rotatable bonds is 9. The number of hydrogen-bond donors (Lipinski definition) is 0. The first-order valence-electron chi connectivity index (χ1n) is 20.2. The Bertz CT molecular complexity index is 2820. The van der Waals surface area contributed by atoms with Crippen molar-refractivity contribution in [2.24, 2.45) is 0 Å². The molecule has 8 rings (SSSR count).